The number of hydrogen-bond donors (Lipinski definition) is 0. The summed E-state index contributed by atoms with van der Waals surface area (Å²) in [5, 5.41) is 0. The third-order valence-corrected chi connectivity index (χ3v) is 6.35. The van der Waals surface area contributed by atoms with Crippen molar-refractivity contribution in [2.45, 2.75) is 43.2 Å². The van der Waals surface area contributed by atoms with E-state index in [0.717, 1.165) is 35.4 Å². The molecular weight excluding hydrogens is 476 g/mol. The number of fused-ring (bicyclic) bond motifs is 1. The fourth-order valence-corrected chi connectivity index (χ4v) is 4.10. The first-order valence-corrected chi connectivity index (χ1v) is 11.5. The fraction of sp³-hybridized carbons (Fsp3) is 0.381. The molecule has 0 saturated carbocycles. The molecule has 5 nitrogen and oxygen atoms in total. The van der Waals surface area contributed by atoms with Gasteiger partial charge in [0.2, 0.25) is 0 Å². The largest absolute Gasteiger partial charge is 0.480 e. The standard InChI is InChI=1S/C21H19F6NO4S/c1-12(20(22,23)24)32-18-7-6-14(33(2,30)31)10-15(18)19(29)28-9-8-13-4-3-5-17(16(13)11-28)21(25,26)27/h3-7,10,12H,8-9,11H2,1-2H3/t12-/m0/s1. The minimum Gasteiger partial charge on any atom is -0.480 e. The number of rotatable bonds is 4. The van der Waals surface area contributed by atoms with Crippen molar-refractivity contribution in [1.29, 1.82) is 0 Å². The molecule has 33 heavy (non-hydrogen) atoms. The molecule has 0 fully saturated rings. The van der Waals surface area contributed by atoms with Crippen LogP contribution < -0.4 is 4.74 Å². The Morgan fingerprint density at radius 2 is 1.76 bits per heavy atom. The molecule has 12 heteroatoms. The highest BCUT2D eigenvalue weighted by atomic mass is 32.2. The van der Waals surface area contributed by atoms with E-state index < -0.39 is 57.6 Å². The summed E-state index contributed by atoms with van der Waals surface area (Å²) < 4.78 is 108. The average molecular weight is 495 g/mol. The second-order valence-electron chi connectivity index (χ2n) is 7.65. The molecule has 180 valence electrons. The number of carbonyl (C=O) groups is 1. The molecule has 0 saturated heterocycles. The molecule has 0 aliphatic carbocycles. The lowest BCUT2D eigenvalue weighted by Gasteiger charge is -2.31. The lowest BCUT2D eigenvalue weighted by molar-refractivity contribution is -0.189. The van der Waals surface area contributed by atoms with Crippen LogP contribution in [0.5, 0.6) is 5.75 Å². The first kappa shape index (κ1) is 24.9. The van der Waals surface area contributed by atoms with Crippen molar-refractivity contribution in [3.05, 3.63) is 58.7 Å². The van der Waals surface area contributed by atoms with E-state index in [2.05, 4.69) is 0 Å². The number of benzene rings is 2. The zero-order valence-electron chi connectivity index (χ0n) is 17.4. The quantitative estimate of drug-likeness (QED) is 0.580. The summed E-state index contributed by atoms with van der Waals surface area (Å²) in [5.41, 5.74) is -1.11. The van der Waals surface area contributed by atoms with Crippen molar-refractivity contribution in [3.8, 4) is 5.75 Å². The fourth-order valence-electron chi connectivity index (χ4n) is 3.46. The van der Waals surface area contributed by atoms with Crippen molar-refractivity contribution in [3.63, 3.8) is 0 Å². The summed E-state index contributed by atoms with van der Waals surface area (Å²) in [6.45, 7) is 0.261. The van der Waals surface area contributed by atoms with Crippen LogP contribution in [-0.2, 0) is 29.0 Å². The van der Waals surface area contributed by atoms with E-state index in [9.17, 15) is 39.6 Å². The van der Waals surface area contributed by atoms with Crippen molar-refractivity contribution in [2.24, 2.45) is 0 Å². The van der Waals surface area contributed by atoms with Crippen LogP contribution in [-0.4, -0.2) is 44.3 Å². The molecule has 1 heterocycles. The Labute approximate surface area is 185 Å². The highest BCUT2D eigenvalue weighted by Crippen LogP contribution is 2.37. The first-order chi connectivity index (χ1) is 15.1. The van der Waals surface area contributed by atoms with Crippen LogP contribution >= 0.6 is 0 Å². The third kappa shape index (κ3) is 5.43. The van der Waals surface area contributed by atoms with Crippen LogP contribution in [0.2, 0.25) is 0 Å². The van der Waals surface area contributed by atoms with E-state index in [4.69, 9.17) is 4.74 Å². The maximum Gasteiger partial charge on any atom is 0.425 e. The van der Waals surface area contributed by atoms with Gasteiger partial charge < -0.3 is 9.64 Å². The predicted molar refractivity (Wildman–Crippen MR) is 106 cm³/mol. The topological polar surface area (TPSA) is 63.7 Å². The summed E-state index contributed by atoms with van der Waals surface area (Å²) in [4.78, 5) is 13.9. The lowest BCUT2D eigenvalue weighted by Crippen LogP contribution is -2.38. The van der Waals surface area contributed by atoms with Crippen molar-refractivity contribution in [2.75, 3.05) is 12.8 Å². The first-order valence-electron chi connectivity index (χ1n) is 9.63. The van der Waals surface area contributed by atoms with E-state index in [1.807, 2.05) is 0 Å². The van der Waals surface area contributed by atoms with Crippen molar-refractivity contribution in [1.82, 2.24) is 4.90 Å². The van der Waals surface area contributed by atoms with Gasteiger partial charge in [0.1, 0.15) is 5.75 Å². The Hall–Kier alpha value is -2.76. The number of carbonyl (C=O) groups excluding carboxylic acids is 1. The number of alkyl halides is 6. The van der Waals surface area contributed by atoms with Crippen LogP contribution in [0.15, 0.2) is 41.3 Å². The van der Waals surface area contributed by atoms with Crippen molar-refractivity contribution < 1.29 is 44.3 Å². The SMILES string of the molecule is C[C@H](Oc1ccc(S(C)(=O)=O)cc1C(=O)N1CCc2cccc(C(F)(F)F)c2C1)C(F)(F)F. The van der Waals surface area contributed by atoms with Gasteiger partial charge in [-0.3, -0.25) is 4.79 Å². The van der Waals surface area contributed by atoms with Crippen LogP contribution in [0.1, 0.15) is 34.0 Å². The zero-order valence-corrected chi connectivity index (χ0v) is 18.2. The normalized spacial score (nSPS) is 15.7. The molecule has 3 rings (SSSR count). The summed E-state index contributed by atoms with van der Waals surface area (Å²) in [6.07, 6.45) is -10.8. The molecule has 0 N–H and O–H groups in total. The number of amides is 1. The van der Waals surface area contributed by atoms with Gasteiger partial charge in [0.25, 0.3) is 5.91 Å². The second-order valence-corrected chi connectivity index (χ2v) is 9.67. The molecule has 1 aliphatic heterocycles. The molecular formula is C21H19F6NO4S. The third-order valence-electron chi connectivity index (χ3n) is 5.24. The number of halogens is 6. The van der Waals surface area contributed by atoms with E-state index >= 15 is 0 Å². The Bertz CT molecular complexity index is 1170. The average Bonchev–Trinajstić information content (AvgIpc) is 2.70. The lowest BCUT2D eigenvalue weighted by atomic mass is 9.94. The van der Waals surface area contributed by atoms with Crippen LogP contribution in [0.4, 0.5) is 26.3 Å². The molecule has 0 spiro atoms. The highest BCUT2D eigenvalue weighted by molar-refractivity contribution is 7.90. The molecule has 1 atom stereocenters. The number of sulfone groups is 1. The van der Waals surface area contributed by atoms with Gasteiger partial charge >= 0.3 is 12.4 Å². The van der Waals surface area contributed by atoms with Crippen LogP contribution in [0.25, 0.3) is 0 Å². The van der Waals surface area contributed by atoms with E-state index in [-0.39, 0.29) is 23.4 Å². The van der Waals surface area contributed by atoms with E-state index in [1.165, 1.54) is 12.1 Å². The summed E-state index contributed by atoms with van der Waals surface area (Å²) in [5.74, 6) is -1.46. The number of ether oxygens (including phenoxy) is 1. The van der Waals surface area contributed by atoms with Gasteiger partial charge in [-0.25, -0.2) is 8.42 Å². The Balaban J connectivity index is 2.03. The van der Waals surface area contributed by atoms with Crippen LogP contribution in [0, 0.1) is 0 Å². The monoisotopic (exact) mass is 495 g/mol. The molecule has 0 aromatic heterocycles. The molecule has 2 aromatic rings. The van der Waals surface area contributed by atoms with Gasteiger partial charge in [0, 0.05) is 19.3 Å². The van der Waals surface area contributed by atoms with Gasteiger partial charge in [-0.15, -0.1) is 0 Å². The van der Waals surface area contributed by atoms with E-state index in [1.54, 1.807) is 0 Å². The molecule has 2 aromatic carbocycles. The Kier molecular flexibility index (Phi) is 6.44. The maximum atomic E-state index is 13.4. The highest BCUT2D eigenvalue weighted by Gasteiger charge is 2.40. The Morgan fingerprint density at radius 1 is 1.09 bits per heavy atom. The van der Waals surface area contributed by atoms with Gasteiger partial charge in [-0.1, -0.05) is 12.1 Å². The minimum absolute atomic E-state index is 0.00941. The van der Waals surface area contributed by atoms with Gasteiger partial charge in [-0.2, -0.15) is 26.3 Å². The molecule has 0 unspecified atom stereocenters. The molecule has 1 aliphatic rings. The zero-order chi connectivity index (χ0) is 24.8. The summed E-state index contributed by atoms with van der Waals surface area (Å²) in [6, 6.07) is 6.47. The minimum atomic E-state index is -4.76. The summed E-state index contributed by atoms with van der Waals surface area (Å²) >= 11 is 0. The molecule has 0 bridgehead atoms. The van der Waals surface area contributed by atoms with Crippen molar-refractivity contribution >= 4 is 15.7 Å². The van der Waals surface area contributed by atoms with Gasteiger partial charge in [-0.05, 0) is 48.7 Å². The second kappa shape index (κ2) is 8.54. The molecule has 1 amide bonds. The maximum absolute atomic E-state index is 13.4. The number of nitrogens with zero attached hydrogens (tertiary/aromatic N) is 1. The van der Waals surface area contributed by atoms with Crippen LogP contribution in [0.3, 0.4) is 0 Å². The Morgan fingerprint density at radius 3 is 2.33 bits per heavy atom. The summed E-state index contributed by atoms with van der Waals surface area (Å²) in [7, 11) is -3.84. The smallest absolute Gasteiger partial charge is 0.425 e. The predicted octanol–water partition coefficient (Wildman–Crippen LogP) is 4.64. The van der Waals surface area contributed by atoms with Gasteiger partial charge in [0.05, 0.1) is 16.0 Å². The molecule has 0 radical (unpaired) electrons. The number of hydrogen-bond acceptors (Lipinski definition) is 4. The van der Waals surface area contributed by atoms with E-state index in [0.29, 0.717) is 12.5 Å². The van der Waals surface area contributed by atoms with Gasteiger partial charge in [0.15, 0.2) is 15.9 Å².